The molecule has 0 spiro atoms. The molecule has 2 aliphatic rings. The van der Waals surface area contributed by atoms with Crippen LogP contribution in [0.1, 0.15) is 95.5 Å². The smallest absolute Gasteiger partial charge is 0.305 e. The van der Waals surface area contributed by atoms with Gasteiger partial charge >= 0.3 is 6.08 Å². The molecule has 0 atom stereocenters. The van der Waals surface area contributed by atoms with Gasteiger partial charge in [-0.3, -0.25) is 0 Å². The Balaban J connectivity index is 1.34. The van der Waals surface area contributed by atoms with E-state index in [-0.39, 0.29) is 21.0 Å². The molecule has 1 aliphatic carbocycles. The van der Waals surface area contributed by atoms with Gasteiger partial charge in [-0.1, -0.05) is 76.4 Å². The van der Waals surface area contributed by atoms with E-state index in [2.05, 4.69) is 11.7 Å². The third-order valence-corrected chi connectivity index (χ3v) is 11.5. The summed E-state index contributed by atoms with van der Waals surface area (Å²) in [5, 5.41) is 0. The van der Waals surface area contributed by atoms with E-state index >= 15 is 0 Å². The summed E-state index contributed by atoms with van der Waals surface area (Å²) in [6.45, 7) is 2.30. The first-order chi connectivity index (χ1) is 16.0. The Bertz CT molecular complexity index is 725. The molecule has 0 unspecified atom stereocenters. The lowest BCUT2D eigenvalue weighted by Gasteiger charge is -2.30. The summed E-state index contributed by atoms with van der Waals surface area (Å²) >= 11 is 0. The van der Waals surface area contributed by atoms with Crippen molar-refractivity contribution < 1.29 is 22.3 Å². The van der Waals surface area contributed by atoms with E-state index in [1.165, 1.54) is 63.5 Å². The summed E-state index contributed by atoms with van der Waals surface area (Å²) in [4.78, 5) is 0. The van der Waals surface area contributed by atoms with Gasteiger partial charge in [-0.2, -0.15) is 8.78 Å². The maximum absolute atomic E-state index is 14.2. The number of halogens is 4. The van der Waals surface area contributed by atoms with Crippen molar-refractivity contribution in [3.05, 3.63) is 41.7 Å². The molecule has 1 aromatic rings. The molecule has 1 saturated carbocycles. The number of benzene rings is 1. The van der Waals surface area contributed by atoms with Crippen LogP contribution >= 0.6 is 0 Å². The summed E-state index contributed by atoms with van der Waals surface area (Å²) < 4.78 is 57.1. The normalized spacial score (nSPS) is 25.6. The highest BCUT2D eigenvalue weighted by Gasteiger charge is 2.25. The largest absolute Gasteiger partial charge is 0.453 e. The van der Waals surface area contributed by atoms with E-state index < -0.39 is 23.5 Å². The lowest BCUT2D eigenvalue weighted by Crippen LogP contribution is -2.21. The number of hydrogen-bond donors (Lipinski definition) is 0. The molecule has 1 saturated heterocycles. The number of unbranched alkanes of at least 4 members (excludes halogenated alkanes) is 2. The third-order valence-electron chi connectivity index (χ3n) is 8.01. The first kappa shape index (κ1) is 26.3. The van der Waals surface area contributed by atoms with Crippen molar-refractivity contribution in [1.82, 2.24) is 0 Å². The Morgan fingerprint density at radius 3 is 2.03 bits per heavy atom. The topological polar surface area (TPSA) is 9.23 Å². The second-order valence-corrected chi connectivity index (χ2v) is 13.8. The van der Waals surface area contributed by atoms with Crippen molar-refractivity contribution in [2.24, 2.45) is 11.8 Å². The minimum absolute atomic E-state index is 0.0622. The Morgan fingerprint density at radius 2 is 1.48 bits per heavy atom. The number of ether oxygens (including phenoxy) is 1. The Morgan fingerprint density at radius 1 is 0.909 bits per heavy atom. The zero-order chi connectivity index (χ0) is 23.6. The van der Waals surface area contributed by atoms with Gasteiger partial charge in [-0.15, -0.1) is 0 Å². The van der Waals surface area contributed by atoms with E-state index in [4.69, 9.17) is 0 Å². The van der Waals surface area contributed by atoms with Crippen LogP contribution in [0.3, 0.4) is 0 Å². The highest BCUT2D eigenvalue weighted by Crippen LogP contribution is 2.40. The molecule has 0 amide bonds. The molecule has 33 heavy (non-hydrogen) atoms. The molecular formula is C27H40F4OSi. The summed E-state index contributed by atoms with van der Waals surface area (Å²) in [6.07, 6.45) is 13.1. The van der Waals surface area contributed by atoms with Crippen molar-refractivity contribution in [2.75, 3.05) is 0 Å². The molecule has 1 heterocycles. The van der Waals surface area contributed by atoms with Crippen LogP contribution in [0, 0.1) is 23.5 Å². The summed E-state index contributed by atoms with van der Waals surface area (Å²) in [5.74, 6) is -0.802. The van der Waals surface area contributed by atoms with Crippen LogP contribution in [0.4, 0.5) is 17.6 Å². The zero-order valence-corrected chi connectivity index (χ0v) is 21.2. The van der Waals surface area contributed by atoms with E-state index in [0.29, 0.717) is 11.5 Å². The van der Waals surface area contributed by atoms with E-state index in [0.717, 1.165) is 31.6 Å². The maximum Gasteiger partial charge on any atom is 0.305 e. The molecule has 2 fully saturated rings. The average Bonchev–Trinajstić information content (AvgIpc) is 2.81. The van der Waals surface area contributed by atoms with Crippen LogP contribution in [-0.2, 0) is 0 Å². The van der Waals surface area contributed by atoms with Crippen molar-refractivity contribution in [1.29, 1.82) is 0 Å². The van der Waals surface area contributed by atoms with Crippen molar-refractivity contribution in [3.63, 3.8) is 0 Å². The Hall–Kier alpha value is -1.30. The summed E-state index contributed by atoms with van der Waals surface area (Å²) in [7, 11) is -0.383. The van der Waals surface area contributed by atoms with E-state index in [1.54, 1.807) is 18.1 Å². The van der Waals surface area contributed by atoms with Gasteiger partial charge in [0.1, 0.15) is 0 Å². The van der Waals surface area contributed by atoms with Gasteiger partial charge in [0.15, 0.2) is 23.6 Å². The van der Waals surface area contributed by atoms with Crippen LogP contribution in [0.15, 0.2) is 24.5 Å². The van der Waals surface area contributed by atoms with Gasteiger partial charge in [0.25, 0.3) is 0 Å². The standard InChI is InChI=1S/C27H40F4OSi/c1-2-3-14-33-15-12-21(13-16-33)7-5-4-6-20-8-10-22(11-9-20)23-17-24(28)27(25(29)18-23)32-19-26(30)31/h17-22,33H,2-16H2,1H3/t20-,21?,22-,33?. The molecule has 1 aromatic carbocycles. The lowest BCUT2D eigenvalue weighted by atomic mass is 9.77. The SMILES string of the molecule is CCCC[SiH]1CCC(CCCC[C@H]2CC[C@H](c3cc(F)c(OC=C(F)F)c(F)c3)CC2)CC1. The highest BCUT2D eigenvalue weighted by atomic mass is 28.3. The van der Waals surface area contributed by atoms with Crippen molar-refractivity contribution >= 4 is 8.80 Å². The number of rotatable bonds is 11. The molecule has 0 N–H and O–H groups in total. The van der Waals surface area contributed by atoms with E-state index in [9.17, 15) is 17.6 Å². The Kier molecular flexibility index (Phi) is 10.8. The van der Waals surface area contributed by atoms with Crippen molar-refractivity contribution in [3.8, 4) is 5.75 Å². The molecule has 1 nitrogen and oxygen atoms in total. The molecule has 0 bridgehead atoms. The van der Waals surface area contributed by atoms with Crippen LogP contribution in [0.25, 0.3) is 0 Å². The predicted octanol–water partition coefficient (Wildman–Crippen LogP) is 9.35. The zero-order valence-electron chi connectivity index (χ0n) is 20.1. The van der Waals surface area contributed by atoms with Gasteiger partial charge in [0.05, 0.1) is 0 Å². The fourth-order valence-electron chi connectivity index (χ4n) is 5.98. The van der Waals surface area contributed by atoms with Crippen LogP contribution in [0.5, 0.6) is 5.75 Å². The molecular weight excluding hydrogens is 444 g/mol. The fourth-order valence-corrected chi connectivity index (χ4v) is 9.72. The number of hydrogen-bond acceptors (Lipinski definition) is 1. The van der Waals surface area contributed by atoms with Gasteiger partial charge in [-0.05, 0) is 61.1 Å². The second kappa shape index (κ2) is 13.6. The fraction of sp³-hybridized carbons (Fsp3) is 0.704. The first-order valence-corrected chi connectivity index (χ1v) is 15.6. The molecule has 0 radical (unpaired) electrons. The molecule has 1 aliphatic heterocycles. The molecule has 0 aromatic heterocycles. The van der Waals surface area contributed by atoms with Crippen molar-refractivity contribution in [2.45, 2.75) is 108 Å². The predicted molar refractivity (Wildman–Crippen MR) is 130 cm³/mol. The second-order valence-electron chi connectivity index (χ2n) is 10.4. The van der Waals surface area contributed by atoms with Gasteiger partial charge in [0, 0.05) is 8.80 Å². The summed E-state index contributed by atoms with van der Waals surface area (Å²) in [6, 6.07) is 7.21. The van der Waals surface area contributed by atoms with Crippen LogP contribution in [-0.4, -0.2) is 8.80 Å². The minimum atomic E-state index is -2.13. The van der Waals surface area contributed by atoms with Gasteiger partial charge < -0.3 is 4.74 Å². The monoisotopic (exact) mass is 484 g/mol. The third kappa shape index (κ3) is 8.45. The van der Waals surface area contributed by atoms with Crippen LogP contribution < -0.4 is 4.74 Å². The van der Waals surface area contributed by atoms with Gasteiger partial charge in [0.2, 0.25) is 0 Å². The molecule has 186 valence electrons. The average molecular weight is 485 g/mol. The highest BCUT2D eigenvalue weighted by molar-refractivity contribution is 6.58. The lowest BCUT2D eigenvalue weighted by molar-refractivity contribution is 0.296. The van der Waals surface area contributed by atoms with E-state index in [1.807, 2.05) is 0 Å². The molecule has 6 heteroatoms. The minimum Gasteiger partial charge on any atom is -0.453 e. The maximum atomic E-state index is 14.2. The van der Waals surface area contributed by atoms with Gasteiger partial charge in [-0.25, -0.2) is 8.78 Å². The summed E-state index contributed by atoms with van der Waals surface area (Å²) in [5.41, 5.74) is 0.610. The first-order valence-electron chi connectivity index (χ1n) is 13.1. The Labute approximate surface area is 198 Å². The quantitative estimate of drug-likeness (QED) is 0.132. The van der Waals surface area contributed by atoms with Crippen LogP contribution in [0.2, 0.25) is 18.1 Å². The molecule has 3 rings (SSSR count).